The minimum atomic E-state index is -3.61. The van der Waals surface area contributed by atoms with Crippen LogP contribution >= 0.6 is 0 Å². The molecule has 0 bridgehead atoms. The Morgan fingerprint density at radius 3 is 2.20 bits per heavy atom. The van der Waals surface area contributed by atoms with E-state index in [1.165, 1.54) is 30.3 Å². The quantitative estimate of drug-likeness (QED) is 0.936. The summed E-state index contributed by atoms with van der Waals surface area (Å²) in [7, 11) is -3.61. The van der Waals surface area contributed by atoms with Gasteiger partial charge < -0.3 is 0 Å². The fourth-order valence-electron chi connectivity index (χ4n) is 1.56. The first kappa shape index (κ1) is 14.3. The Labute approximate surface area is 117 Å². The number of hydrogen-bond donors (Lipinski definition) is 1. The van der Waals surface area contributed by atoms with Crippen LogP contribution in [0.15, 0.2) is 53.9 Å². The number of anilines is 1. The number of nitrogens with one attached hydrogen (secondary N) is 1. The maximum Gasteiger partial charge on any atom is 0.255 e. The van der Waals surface area contributed by atoms with Gasteiger partial charge in [0.05, 0.1) is 5.41 Å². The molecule has 0 saturated heterocycles. The number of sulfonamides is 1. The molecule has 0 aliphatic rings. The lowest BCUT2D eigenvalue weighted by Crippen LogP contribution is -2.08. The molecule has 0 unspecified atom stereocenters. The SMILES string of the molecule is Cc1ccc(C=CS(=O)(=O)Nc2ccc(F)cc2)cc1. The van der Waals surface area contributed by atoms with Gasteiger partial charge in [0, 0.05) is 5.69 Å². The van der Waals surface area contributed by atoms with Crippen molar-refractivity contribution in [2.75, 3.05) is 4.72 Å². The van der Waals surface area contributed by atoms with Gasteiger partial charge in [0.1, 0.15) is 5.82 Å². The topological polar surface area (TPSA) is 46.2 Å². The average Bonchev–Trinajstić information content (AvgIpc) is 2.41. The third-order valence-electron chi connectivity index (χ3n) is 2.62. The van der Waals surface area contributed by atoms with Gasteiger partial charge in [-0.1, -0.05) is 29.8 Å². The molecule has 2 rings (SSSR count). The monoisotopic (exact) mass is 291 g/mol. The van der Waals surface area contributed by atoms with Crippen LogP contribution < -0.4 is 4.72 Å². The van der Waals surface area contributed by atoms with Crippen molar-refractivity contribution in [3.8, 4) is 0 Å². The Hall–Kier alpha value is -2.14. The minimum Gasteiger partial charge on any atom is -0.280 e. The molecule has 3 nitrogen and oxygen atoms in total. The van der Waals surface area contributed by atoms with Gasteiger partial charge in [-0.2, -0.15) is 0 Å². The Morgan fingerprint density at radius 1 is 1.00 bits per heavy atom. The van der Waals surface area contributed by atoms with E-state index in [1.807, 2.05) is 31.2 Å². The molecule has 20 heavy (non-hydrogen) atoms. The van der Waals surface area contributed by atoms with E-state index in [4.69, 9.17) is 0 Å². The molecule has 0 saturated carbocycles. The molecule has 0 atom stereocenters. The van der Waals surface area contributed by atoms with Crippen molar-refractivity contribution < 1.29 is 12.8 Å². The van der Waals surface area contributed by atoms with Crippen LogP contribution in [0.25, 0.3) is 6.08 Å². The van der Waals surface area contributed by atoms with Crippen LogP contribution in [0.3, 0.4) is 0 Å². The molecule has 0 spiro atoms. The van der Waals surface area contributed by atoms with Crippen molar-refractivity contribution in [1.29, 1.82) is 0 Å². The highest BCUT2D eigenvalue weighted by Gasteiger charge is 2.05. The van der Waals surface area contributed by atoms with Crippen molar-refractivity contribution in [1.82, 2.24) is 0 Å². The number of halogens is 1. The summed E-state index contributed by atoms with van der Waals surface area (Å²) in [6.07, 6.45) is 1.51. The van der Waals surface area contributed by atoms with E-state index < -0.39 is 15.8 Å². The molecule has 0 aliphatic heterocycles. The van der Waals surface area contributed by atoms with E-state index in [9.17, 15) is 12.8 Å². The molecule has 0 heterocycles. The summed E-state index contributed by atoms with van der Waals surface area (Å²) in [4.78, 5) is 0. The fourth-order valence-corrected chi connectivity index (χ4v) is 2.43. The predicted molar refractivity (Wildman–Crippen MR) is 79.2 cm³/mol. The average molecular weight is 291 g/mol. The number of hydrogen-bond acceptors (Lipinski definition) is 2. The van der Waals surface area contributed by atoms with Crippen LogP contribution in [-0.4, -0.2) is 8.42 Å². The highest BCUT2D eigenvalue weighted by molar-refractivity contribution is 7.95. The van der Waals surface area contributed by atoms with Gasteiger partial charge >= 0.3 is 0 Å². The number of rotatable bonds is 4. The maximum absolute atomic E-state index is 12.7. The van der Waals surface area contributed by atoms with Crippen molar-refractivity contribution >= 4 is 21.8 Å². The van der Waals surface area contributed by atoms with E-state index in [0.29, 0.717) is 5.69 Å². The summed E-state index contributed by atoms with van der Waals surface area (Å²) in [5, 5.41) is 1.08. The summed E-state index contributed by atoms with van der Waals surface area (Å²) < 4.78 is 38.7. The van der Waals surface area contributed by atoms with Crippen LogP contribution in [0.5, 0.6) is 0 Å². The largest absolute Gasteiger partial charge is 0.280 e. The van der Waals surface area contributed by atoms with Crippen LogP contribution in [0.1, 0.15) is 11.1 Å². The zero-order valence-corrected chi connectivity index (χ0v) is 11.7. The second-order valence-corrected chi connectivity index (χ2v) is 5.93. The maximum atomic E-state index is 12.7. The number of aryl methyl sites for hydroxylation is 1. The minimum absolute atomic E-state index is 0.319. The molecule has 0 aromatic heterocycles. The summed E-state index contributed by atoms with van der Waals surface area (Å²) in [5.41, 5.74) is 2.22. The summed E-state index contributed by atoms with van der Waals surface area (Å²) in [5.74, 6) is -0.414. The Bertz CT molecular complexity index is 705. The third-order valence-corrected chi connectivity index (χ3v) is 3.64. The van der Waals surface area contributed by atoms with Crippen molar-refractivity contribution in [2.24, 2.45) is 0 Å². The van der Waals surface area contributed by atoms with E-state index in [1.54, 1.807) is 0 Å². The Kier molecular flexibility index (Phi) is 4.20. The Balaban J connectivity index is 2.11. The molecular weight excluding hydrogens is 277 g/mol. The van der Waals surface area contributed by atoms with Gasteiger partial charge in [-0.3, -0.25) is 4.72 Å². The van der Waals surface area contributed by atoms with Crippen LogP contribution in [-0.2, 0) is 10.0 Å². The molecule has 0 fully saturated rings. The zero-order valence-electron chi connectivity index (χ0n) is 10.9. The molecule has 1 N–H and O–H groups in total. The smallest absolute Gasteiger partial charge is 0.255 e. The normalized spacial score (nSPS) is 11.7. The van der Waals surface area contributed by atoms with E-state index in [0.717, 1.165) is 16.5 Å². The van der Waals surface area contributed by atoms with Gasteiger partial charge in [0.2, 0.25) is 0 Å². The van der Waals surface area contributed by atoms with Crippen molar-refractivity contribution in [2.45, 2.75) is 6.92 Å². The molecule has 104 valence electrons. The first-order valence-corrected chi connectivity index (χ1v) is 7.52. The van der Waals surface area contributed by atoms with Gasteiger partial charge in [-0.25, -0.2) is 12.8 Å². The van der Waals surface area contributed by atoms with Crippen LogP contribution in [0, 0.1) is 12.7 Å². The molecule has 0 radical (unpaired) electrons. The first-order chi connectivity index (χ1) is 9.44. The van der Waals surface area contributed by atoms with Gasteiger partial charge in [0.15, 0.2) is 0 Å². The second-order valence-electron chi connectivity index (χ2n) is 4.37. The summed E-state index contributed by atoms with van der Waals surface area (Å²) in [6, 6.07) is 12.6. The van der Waals surface area contributed by atoms with Crippen LogP contribution in [0.2, 0.25) is 0 Å². The number of benzene rings is 2. The second kappa shape index (κ2) is 5.88. The molecule has 2 aromatic rings. The van der Waals surface area contributed by atoms with Crippen LogP contribution in [0.4, 0.5) is 10.1 Å². The van der Waals surface area contributed by atoms with E-state index in [-0.39, 0.29) is 0 Å². The van der Waals surface area contributed by atoms with E-state index >= 15 is 0 Å². The molecule has 2 aromatic carbocycles. The molecule has 0 amide bonds. The molecule has 5 heteroatoms. The van der Waals surface area contributed by atoms with Gasteiger partial charge in [-0.05, 0) is 42.8 Å². The standard InChI is InChI=1S/C15H14FNO2S/c1-12-2-4-13(5-3-12)10-11-20(18,19)17-15-8-6-14(16)7-9-15/h2-11,17H,1H3. The molecular formula is C15H14FNO2S. The lowest BCUT2D eigenvalue weighted by atomic mass is 10.2. The predicted octanol–water partition coefficient (Wildman–Crippen LogP) is 3.55. The Morgan fingerprint density at radius 2 is 1.60 bits per heavy atom. The van der Waals surface area contributed by atoms with Gasteiger partial charge in [-0.15, -0.1) is 0 Å². The molecule has 0 aliphatic carbocycles. The highest BCUT2D eigenvalue weighted by Crippen LogP contribution is 2.12. The summed E-state index contributed by atoms with van der Waals surface area (Å²) >= 11 is 0. The summed E-state index contributed by atoms with van der Waals surface area (Å²) in [6.45, 7) is 1.96. The fraction of sp³-hybridized carbons (Fsp3) is 0.0667. The van der Waals surface area contributed by atoms with Gasteiger partial charge in [0.25, 0.3) is 10.0 Å². The van der Waals surface area contributed by atoms with Crippen molar-refractivity contribution in [3.05, 3.63) is 70.9 Å². The van der Waals surface area contributed by atoms with Crippen molar-refractivity contribution in [3.63, 3.8) is 0 Å². The zero-order chi connectivity index (χ0) is 14.6. The first-order valence-electron chi connectivity index (χ1n) is 5.98. The lowest BCUT2D eigenvalue weighted by molar-refractivity contribution is 0.609. The third kappa shape index (κ3) is 4.20. The van der Waals surface area contributed by atoms with E-state index in [2.05, 4.69) is 4.72 Å². The highest BCUT2D eigenvalue weighted by atomic mass is 32.2. The lowest BCUT2D eigenvalue weighted by Gasteiger charge is -2.03.